The van der Waals surface area contributed by atoms with Gasteiger partial charge in [0.1, 0.15) is 10.6 Å². The third kappa shape index (κ3) is 7.03. The topological polar surface area (TPSA) is 93.1 Å². The molecule has 2 aromatic rings. The number of rotatable bonds is 9. The van der Waals surface area contributed by atoms with Crippen molar-refractivity contribution in [1.29, 1.82) is 0 Å². The normalized spacial score (nSPS) is 11.8. The van der Waals surface area contributed by atoms with Crippen molar-refractivity contribution in [3.8, 4) is 5.75 Å². The van der Waals surface area contributed by atoms with Gasteiger partial charge in [0.05, 0.1) is 18.4 Å². The molecule has 1 N–H and O–H groups in total. The second-order valence-corrected chi connectivity index (χ2v) is 9.29. The number of ether oxygens (including phenoxy) is 1. The van der Waals surface area contributed by atoms with E-state index in [2.05, 4.69) is 0 Å². The first-order chi connectivity index (χ1) is 14.0. The zero-order chi connectivity index (χ0) is 22.4. The van der Waals surface area contributed by atoms with E-state index in [1.54, 1.807) is 38.1 Å². The third-order valence-electron chi connectivity index (χ3n) is 4.46. The summed E-state index contributed by atoms with van der Waals surface area (Å²) in [5.41, 5.74) is 0.629. The lowest BCUT2D eigenvalue weighted by atomic mass is 10.0. The summed E-state index contributed by atoms with van der Waals surface area (Å²) in [5, 5.41) is 9.83. The summed E-state index contributed by atoms with van der Waals surface area (Å²) in [4.78, 5) is 13.7. The van der Waals surface area contributed by atoms with Crippen LogP contribution in [0.5, 0.6) is 5.75 Å². The molecule has 0 saturated heterocycles. The summed E-state index contributed by atoms with van der Waals surface area (Å²) >= 11 is 0. The number of carbonyl (C=O) groups is 1. The summed E-state index contributed by atoms with van der Waals surface area (Å²) in [5.74, 6) is 0.0958. The molecule has 0 heterocycles. The Hall–Kier alpha value is -2.58. The van der Waals surface area contributed by atoms with E-state index in [0.29, 0.717) is 25.1 Å². The van der Waals surface area contributed by atoms with Crippen LogP contribution in [0.4, 0.5) is 10.5 Å². The Labute approximate surface area is 178 Å². The smallest absolute Gasteiger partial charge is 0.413 e. The molecule has 0 bridgehead atoms. The molecule has 0 aliphatic rings. The van der Waals surface area contributed by atoms with E-state index in [1.165, 1.54) is 36.3 Å². The van der Waals surface area contributed by atoms with Gasteiger partial charge in [-0.25, -0.2) is 4.79 Å². The highest BCUT2D eigenvalue weighted by molar-refractivity contribution is 7.87. The molecule has 0 aliphatic carbocycles. The molecule has 7 nitrogen and oxygen atoms in total. The van der Waals surface area contributed by atoms with Crippen molar-refractivity contribution in [2.24, 2.45) is 0 Å². The van der Waals surface area contributed by atoms with Crippen molar-refractivity contribution in [3.63, 3.8) is 0 Å². The summed E-state index contributed by atoms with van der Waals surface area (Å²) in [7, 11) is -2.71. The van der Waals surface area contributed by atoms with Crippen LogP contribution in [0.3, 0.4) is 0 Å². The molecule has 30 heavy (non-hydrogen) atoms. The molecule has 0 aromatic heterocycles. The van der Waals surface area contributed by atoms with E-state index >= 15 is 0 Å². The van der Waals surface area contributed by atoms with Gasteiger partial charge < -0.3 is 14.0 Å². The van der Waals surface area contributed by atoms with Crippen molar-refractivity contribution in [1.82, 2.24) is 0 Å². The van der Waals surface area contributed by atoms with Crippen LogP contribution < -0.4 is 9.08 Å². The average molecular weight is 436 g/mol. The average Bonchev–Trinajstić information content (AvgIpc) is 2.67. The quantitative estimate of drug-likeness (QED) is 0.467. The van der Waals surface area contributed by atoms with Crippen LogP contribution in [0.15, 0.2) is 53.4 Å². The number of methoxy groups -OCH3 is 1. The first-order valence-electron chi connectivity index (χ1n) is 9.71. The standard InChI is InChI=1S/C22H29NO6S/c1-17-10-12-20(13-11-17)30(26,27)29-19-9-7-8-18(16-19)23(21(24)28-4)15-6-5-14-22(2,3)25/h7-13,16,25H,5-6,14-15H2,1-4H3. The summed E-state index contributed by atoms with van der Waals surface area (Å²) in [6, 6.07) is 12.6. The van der Waals surface area contributed by atoms with Gasteiger partial charge in [-0.3, -0.25) is 4.90 Å². The molecule has 164 valence electrons. The molecule has 0 radical (unpaired) electrons. The number of carbonyl (C=O) groups excluding carboxylic acids is 1. The molecular weight excluding hydrogens is 406 g/mol. The monoisotopic (exact) mass is 435 g/mol. The van der Waals surface area contributed by atoms with Gasteiger partial charge in [0.25, 0.3) is 0 Å². The van der Waals surface area contributed by atoms with E-state index in [9.17, 15) is 18.3 Å². The molecular formula is C22H29NO6S. The van der Waals surface area contributed by atoms with Gasteiger partial charge in [0.2, 0.25) is 0 Å². The van der Waals surface area contributed by atoms with Crippen molar-refractivity contribution in [3.05, 3.63) is 54.1 Å². The van der Waals surface area contributed by atoms with Gasteiger partial charge in [-0.2, -0.15) is 8.42 Å². The number of hydrogen-bond donors (Lipinski definition) is 1. The molecule has 0 fully saturated rings. The lowest BCUT2D eigenvalue weighted by molar-refractivity contribution is 0.0684. The maximum atomic E-state index is 12.5. The van der Waals surface area contributed by atoms with E-state index in [-0.39, 0.29) is 10.6 Å². The summed E-state index contributed by atoms with van der Waals surface area (Å²) < 4.78 is 35.2. The SMILES string of the molecule is COC(=O)N(CCCCC(C)(C)O)c1cccc(OS(=O)(=O)c2ccc(C)cc2)c1. The van der Waals surface area contributed by atoms with Gasteiger partial charge in [-0.1, -0.05) is 23.8 Å². The Kier molecular flexibility index (Phi) is 7.86. The van der Waals surface area contributed by atoms with Crippen molar-refractivity contribution in [2.75, 3.05) is 18.6 Å². The number of benzene rings is 2. The zero-order valence-corrected chi connectivity index (χ0v) is 18.6. The van der Waals surface area contributed by atoms with E-state index in [0.717, 1.165) is 12.0 Å². The minimum atomic E-state index is -4.00. The number of amides is 1. The van der Waals surface area contributed by atoms with Crippen LogP contribution in [-0.2, 0) is 14.9 Å². The number of nitrogens with zero attached hydrogens (tertiary/aromatic N) is 1. The largest absolute Gasteiger partial charge is 0.452 e. The van der Waals surface area contributed by atoms with Crippen LogP contribution in [0.2, 0.25) is 0 Å². The molecule has 0 atom stereocenters. The van der Waals surface area contributed by atoms with Gasteiger partial charge in [-0.05, 0) is 64.3 Å². The molecule has 2 aromatic carbocycles. The number of hydrogen-bond acceptors (Lipinski definition) is 6. The van der Waals surface area contributed by atoms with Gasteiger partial charge in [-0.15, -0.1) is 0 Å². The van der Waals surface area contributed by atoms with Crippen molar-refractivity contribution < 1.29 is 27.2 Å². The minimum Gasteiger partial charge on any atom is -0.452 e. The predicted molar refractivity (Wildman–Crippen MR) is 115 cm³/mol. The number of aryl methyl sites for hydroxylation is 1. The van der Waals surface area contributed by atoms with Gasteiger partial charge >= 0.3 is 16.2 Å². The first kappa shape index (κ1) is 23.7. The second-order valence-electron chi connectivity index (χ2n) is 7.74. The fourth-order valence-electron chi connectivity index (χ4n) is 2.85. The van der Waals surface area contributed by atoms with E-state index in [4.69, 9.17) is 8.92 Å². The highest BCUT2D eigenvalue weighted by Crippen LogP contribution is 2.26. The Morgan fingerprint density at radius 2 is 1.77 bits per heavy atom. The van der Waals surface area contributed by atoms with Gasteiger partial charge in [0.15, 0.2) is 0 Å². The summed E-state index contributed by atoms with van der Waals surface area (Å²) in [6.45, 7) is 5.70. The Morgan fingerprint density at radius 3 is 2.37 bits per heavy atom. The number of aliphatic hydroxyl groups is 1. The molecule has 0 unspecified atom stereocenters. The first-order valence-corrected chi connectivity index (χ1v) is 11.1. The summed E-state index contributed by atoms with van der Waals surface area (Å²) in [6.07, 6.45) is 1.40. The highest BCUT2D eigenvalue weighted by Gasteiger charge is 2.20. The van der Waals surface area contributed by atoms with Crippen LogP contribution in [0.1, 0.15) is 38.7 Å². The predicted octanol–water partition coefficient (Wildman–Crippen LogP) is 4.28. The molecule has 1 amide bonds. The molecule has 0 spiro atoms. The fourth-order valence-corrected chi connectivity index (χ4v) is 3.77. The lowest BCUT2D eigenvalue weighted by Crippen LogP contribution is -2.32. The van der Waals surface area contributed by atoms with Crippen LogP contribution in [-0.4, -0.2) is 38.9 Å². The lowest BCUT2D eigenvalue weighted by Gasteiger charge is -2.23. The maximum Gasteiger partial charge on any atom is 0.413 e. The Morgan fingerprint density at radius 1 is 1.10 bits per heavy atom. The second kappa shape index (κ2) is 9.95. The Bertz CT molecular complexity index is 948. The van der Waals surface area contributed by atoms with E-state index in [1.807, 2.05) is 6.92 Å². The zero-order valence-electron chi connectivity index (χ0n) is 17.8. The maximum absolute atomic E-state index is 12.5. The van der Waals surface area contributed by atoms with Gasteiger partial charge in [0, 0.05) is 12.6 Å². The highest BCUT2D eigenvalue weighted by atomic mass is 32.2. The third-order valence-corrected chi connectivity index (χ3v) is 5.72. The van der Waals surface area contributed by atoms with Crippen molar-refractivity contribution in [2.45, 2.75) is 50.5 Å². The number of unbranched alkanes of at least 4 members (excludes halogenated alkanes) is 1. The molecule has 0 aliphatic heterocycles. The van der Waals surface area contributed by atoms with Crippen LogP contribution in [0, 0.1) is 6.92 Å². The molecule has 8 heteroatoms. The number of anilines is 1. The van der Waals surface area contributed by atoms with Crippen LogP contribution in [0.25, 0.3) is 0 Å². The van der Waals surface area contributed by atoms with E-state index < -0.39 is 21.8 Å². The minimum absolute atomic E-state index is 0.0509. The molecule has 0 saturated carbocycles. The van der Waals surface area contributed by atoms with Crippen molar-refractivity contribution >= 4 is 21.9 Å². The van der Waals surface area contributed by atoms with Crippen LogP contribution >= 0.6 is 0 Å². The Balaban J connectivity index is 2.17. The fraction of sp³-hybridized carbons (Fsp3) is 0.409. The molecule has 2 rings (SSSR count).